The van der Waals surface area contributed by atoms with Gasteiger partial charge in [-0.2, -0.15) is 4.98 Å². The van der Waals surface area contributed by atoms with E-state index in [1.54, 1.807) is 7.11 Å². The molecule has 1 aliphatic rings. The maximum Gasteiger partial charge on any atom is 0.318 e. The third-order valence-corrected chi connectivity index (χ3v) is 1.94. The van der Waals surface area contributed by atoms with Crippen molar-refractivity contribution in [2.75, 3.05) is 19.0 Å². The molecule has 1 aromatic rings. The van der Waals surface area contributed by atoms with Crippen LogP contribution in [0.25, 0.3) is 0 Å². The lowest BCUT2D eigenvalue weighted by atomic mass is 10.1. The fourth-order valence-corrected chi connectivity index (χ4v) is 1.31. The summed E-state index contributed by atoms with van der Waals surface area (Å²) in [6.45, 7) is 0.993. The molecule has 0 saturated carbocycles. The van der Waals surface area contributed by atoms with Crippen molar-refractivity contribution in [3.05, 3.63) is 11.8 Å². The van der Waals surface area contributed by atoms with Gasteiger partial charge >= 0.3 is 6.01 Å². The van der Waals surface area contributed by atoms with Crippen molar-refractivity contribution in [1.82, 2.24) is 9.97 Å². The predicted octanol–water partition coefficient (Wildman–Crippen LogP) is 0.843. The third kappa shape index (κ3) is 1.20. The van der Waals surface area contributed by atoms with Crippen LogP contribution < -0.4 is 10.1 Å². The molecule has 0 saturated heterocycles. The van der Waals surface area contributed by atoms with Crippen LogP contribution in [0.15, 0.2) is 6.20 Å². The molecule has 0 aliphatic carbocycles. The van der Waals surface area contributed by atoms with E-state index in [0.29, 0.717) is 6.01 Å². The molecule has 64 valence electrons. The Morgan fingerprint density at radius 2 is 2.50 bits per heavy atom. The summed E-state index contributed by atoms with van der Waals surface area (Å²) in [5.74, 6) is 0.924. The number of methoxy groups -OCH3 is 1. The topological polar surface area (TPSA) is 47.0 Å². The van der Waals surface area contributed by atoms with Gasteiger partial charge in [0.25, 0.3) is 0 Å². The first-order valence-corrected chi connectivity index (χ1v) is 4.04. The monoisotopic (exact) mass is 165 g/mol. The highest BCUT2D eigenvalue weighted by Crippen LogP contribution is 2.19. The lowest BCUT2D eigenvalue weighted by molar-refractivity contribution is 0.379. The first-order valence-electron chi connectivity index (χ1n) is 4.04. The van der Waals surface area contributed by atoms with E-state index in [0.717, 1.165) is 25.2 Å². The highest BCUT2D eigenvalue weighted by atomic mass is 16.5. The molecule has 2 rings (SSSR count). The normalized spacial score (nSPS) is 14.8. The van der Waals surface area contributed by atoms with E-state index in [9.17, 15) is 0 Å². The van der Waals surface area contributed by atoms with E-state index in [-0.39, 0.29) is 0 Å². The smallest absolute Gasteiger partial charge is 0.318 e. The number of nitrogens with zero attached hydrogens (tertiary/aromatic N) is 2. The maximum atomic E-state index is 4.92. The number of ether oxygens (including phenoxy) is 1. The summed E-state index contributed by atoms with van der Waals surface area (Å²) < 4.78 is 4.92. The average molecular weight is 165 g/mol. The molecule has 0 spiro atoms. The van der Waals surface area contributed by atoms with E-state index >= 15 is 0 Å². The molecule has 1 aromatic heterocycles. The van der Waals surface area contributed by atoms with Gasteiger partial charge in [-0.3, -0.25) is 0 Å². The Hall–Kier alpha value is -1.32. The first-order chi connectivity index (χ1) is 5.90. The van der Waals surface area contributed by atoms with Gasteiger partial charge in [0.1, 0.15) is 5.82 Å². The lowest BCUT2D eigenvalue weighted by Crippen LogP contribution is -2.14. The van der Waals surface area contributed by atoms with Gasteiger partial charge in [0.05, 0.1) is 7.11 Å². The Balaban J connectivity index is 2.36. The molecule has 0 amide bonds. The Kier molecular flexibility index (Phi) is 1.81. The quantitative estimate of drug-likeness (QED) is 0.670. The second-order valence-electron chi connectivity index (χ2n) is 2.76. The van der Waals surface area contributed by atoms with Crippen molar-refractivity contribution in [2.45, 2.75) is 12.8 Å². The second kappa shape index (κ2) is 2.97. The minimum absolute atomic E-state index is 0.433. The van der Waals surface area contributed by atoms with Crippen LogP contribution in [0.5, 0.6) is 6.01 Å². The zero-order valence-electron chi connectivity index (χ0n) is 7.00. The zero-order valence-corrected chi connectivity index (χ0v) is 7.00. The molecular formula is C8H11N3O. The number of aromatic nitrogens is 2. The maximum absolute atomic E-state index is 4.92. The van der Waals surface area contributed by atoms with Gasteiger partial charge in [0.2, 0.25) is 0 Å². The number of aryl methyl sites for hydroxylation is 1. The summed E-state index contributed by atoms with van der Waals surface area (Å²) in [6.07, 6.45) is 4.04. The van der Waals surface area contributed by atoms with E-state index in [1.807, 2.05) is 6.20 Å². The summed E-state index contributed by atoms with van der Waals surface area (Å²) >= 11 is 0. The Morgan fingerprint density at radius 1 is 1.58 bits per heavy atom. The summed E-state index contributed by atoms with van der Waals surface area (Å²) in [4.78, 5) is 8.22. The Morgan fingerprint density at radius 3 is 3.33 bits per heavy atom. The molecule has 0 aromatic carbocycles. The van der Waals surface area contributed by atoms with Crippen LogP contribution in [-0.4, -0.2) is 23.6 Å². The van der Waals surface area contributed by atoms with Crippen molar-refractivity contribution in [2.24, 2.45) is 0 Å². The van der Waals surface area contributed by atoms with E-state index < -0.39 is 0 Å². The minimum atomic E-state index is 0.433. The molecule has 0 radical (unpaired) electrons. The standard InChI is InChI=1S/C8H11N3O/c1-12-8-10-5-6-3-2-4-9-7(6)11-8/h5H,2-4H2,1H3,(H,9,10,11). The molecule has 0 bridgehead atoms. The van der Waals surface area contributed by atoms with Crippen LogP contribution in [-0.2, 0) is 6.42 Å². The van der Waals surface area contributed by atoms with Gasteiger partial charge in [-0.15, -0.1) is 0 Å². The molecule has 1 aliphatic heterocycles. The molecule has 0 unspecified atom stereocenters. The zero-order chi connectivity index (χ0) is 8.39. The van der Waals surface area contributed by atoms with Crippen molar-refractivity contribution in [3.63, 3.8) is 0 Å². The first kappa shape index (κ1) is 7.34. The highest BCUT2D eigenvalue weighted by molar-refractivity contribution is 5.45. The molecule has 1 N–H and O–H groups in total. The highest BCUT2D eigenvalue weighted by Gasteiger charge is 2.10. The lowest BCUT2D eigenvalue weighted by Gasteiger charge is -2.15. The van der Waals surface area contributed by atoms with E-state index in [2.05, 4.69) is 15.3 Å². The molecule has 12 heavy (non-hydrogen) atoms. The molecule has 4 heteroatoms. The number of fused-ring (bicyclic) bond motifs is 1. The van der Waals surface area contributed by atoms with Crippen molar-refractivity contribution >= 4 is 5.82 Å². The van der Waals surface area contributed by atoms with E-state index in [4.69, 9.17) is 4.74 Å². The number of nitrogens with one attached hydrogen (secondary N) is 1. The second-order valence-corrected chi connectivity index (χ2v) is 2.76. The van der Waals surface area contributed by atoms with Crippen LogP contribution in [0.2, 0.25) is 0 Å². The molecule has 0 fully saturated rings. The average Bonchev–Trinajstić information content (AvgIpc) is 2.17. The van der Waals surface area contributed by atoms with Gasteiger partial charge in [-0.25, -0.2) is 4.98 Å². The largest absolute Gasteiger partial charge is 0.467 e. The summed E-state index contributed by atoms with van der Waals surface area (Å²) in [6, 6.07) is 0.433. The van der Waals surface area contributed by atoms with Crippen LogP contribution in [0, 0.1) is 0 Å². The summed E-state index contributed by atoms with van der Waals surface area (Å²) in [7, 11) is 1.57. The van der Waals surface area contributed by atoms with Crippen LogP contribution in [0.1, 0.15) is 12.0 Å². The van der Waals surface area contributed by atoms with Crippen LogP contribution >= 0.6 is 0 Å². The fraction of sp³-hybridized carbons (Fsp3) is 0.500. The Bertz CT molecular complexity index is 288. The molecule has 4 nitrogen and oxygen atoms in total. The van der Waals surface area contributed by atoms with Crippen molar-refractivity contribution in [1.29, 1.82) is 0 Å². The third-order valence-electron chi connectivity index (χ3n) is 1.94. The van der Waals surface area contributed by atoms with Crippen LogP contribution in [0.3, 0.4) is 0 Å². The number of hydrogen-bond donors (Lipinski definition) is 1. The molecular weight excluding hydrogens is 154 g/mol. The predicted molar refractivity (Wildman–Crippen MR) is 45.4 cm³/mol. The number of rotatable bonds is 1. The number of hydrogen-bond acceptors (Lipinski definition) is 4. The SMILES string of the molecule is COc1ncc2c(n1)NCCC2. The fourth-order valence-electron chi connectivity index (χ4n) is 1.31. The van der Waals surface area contributed by atoms with Crippen LogP contribution in [0.4, 0.5) is 5.82 Å². The van der Waals surface area contributed by atoms with Gasteiger partial charge in [-0.05, 0) is 12.8 Å². The Labute approximate surface area is 71.0 Å². The van der Waals surface area contributed by atoms with Crippen molar-refractivity contribution < 1.29 is 4.74 Å². The number of anilines is 1. The molecule has 2 heterocycles. The van der Waals surface area contributed by atoms with E-state index in [1.165, 1.54) is 5.56 Å². The summed E-state index contributed by atoms with van der Waals surface area (Å²) in [5, 5.41) is 3.21. The van der Waals surface area contributed by atoms with Gasteiger partial charge < -0.3 is 10.1 Å². The molecule has 0 atom stereocenters. The van der Waals surface area contributed by atoms with Gasteiger partial charge in [0, 0.05) is 18.3 Å². The van der Waals surface area contributed by atoms with Gasteiger partial charge in [-0.1, -0.05) is 0 Å². The van der Waals surface area contributed by atoms with Gasteiger partial charge in [0.15, 0.2) is 0 Å². The van der Waals surface area contributed by atoms with Crippen molar-refractivity contribution in [3.8, 4) is 6.01 Å². The summed E-state index contributed by atoms with van der Waals surface area (Å²) in [5.41, 5.74) is 1.18. The minimum Gasteiger partial charge on any atom is -0.467 e.